The number of carbonyl (C=O) groups is 1. The summed E-state index contributed by atoms with van der Waals surface area (Å²) >= 11 is 0. The van der Waals surface area contributed by atoms with E-state index >= 15 is 0 Å². The lowest BCUT2D eigenvalue weighted by molar-refractivity contribution is -0.136. The predicted molar refractivity (Wildman–Crippen MR) is 113 cm³/mol. The first-order chi connectivity index (χ1) is 14.2. The minimum atomic E-state index is -3.72. The molecule has 8 nitrogen and oxygen atoms in total. The summed E-state index contributed by atoms with van der Waals surface area (Å²) in [5.41, 5.74) is 0.982. The smallest absolute Gasteiger partial charge is 0.243 e. The molecule has 166 valence electrons. The van der Waals surface area contributed by atoms with Crippen molar-refractivity contribution in [1.29, 1.82) is 0 Å². The second-order valence-corrected chi connectivity index (χ2v) is 12.6. The third kappa shape index (κ3) is 4.28. The first-order valence-electron chi connectivity index (χ1n) is 10.5. The molecule has 30 heavy (non-hydrogen) atoms. The lowest BCUT2D eigenvalue weighted by Crippen LogP contribution is -2.56. The number of aryl methyl sites for hydroxylation is 1. The van der Waals surface area contributed by atoms with Crippen LogP contribution in [0.3, 0.4) is 0 Å². The molecule has 4 rings (SSSR count). The number of rotatable bonds is 4. The maximum atomic E-state index is 13.2. The monoisotopic (exact) mass is 455 g/mol. The minimum absolute atomic E-state index is 0.0390. The van der Waals surface area contributed by atoms with Crippen molar-refractivity contribution in [3.05, 3.63) is 29.8 Å². The van der Waals surface area contributed by atoms with Crippen LogP contribution in [-0.4, -0.2) is 93.2 Å². The highest BCUT2D eigenvalue weighted by molar-refractivity contribution is 7.91. The highest BCUT2D eigenvalue weighted by Gasteiger charge is 2.42. The Hall–Kier alpha value is -1.49. The van der Waals surface area contributed by atoms with Crippen LogP contribution in [0, 0.1) is 6.92 Å². The Morgan fingerprint density at radius 1 is 1.00 bits per heavy atom. The quantitative estimate of drug-likeness (QED) is 0.655. The van der Waals surface area contributed by atoms with Gasteiger partial charge in [0.25, 0.3) is 0 Å². The third-order valence-corrected chi connectivity index (χ3v) is 10.1. The zero-order chi connectivity index (χ0) is 21.5. The summed E-state index contributed by atoms with van der Waals surface area (Å²) in [7, 11) is -6.65. The summed E-state index contributed by atoms with van der Waals surface area (Å²) in [6.45, 7) is 4.52. The average molecular weight is 456 g/mol. The molecule has 0 N–H and O–H groups in total. The first-order valence-corrected chi connectivity index (χ1v) is 13.8. The molecule has 2 atom stereocenters. The van der Waals surface area contributed by atoms with Crippen molar-refractivity contribution >= 4 is 25.8 Å². The zero-order valence-electron chi connectivity index (χ0n) is 17.2. The van der Waals surface area contributed by atoms with Crippen LogP contribution in [0.1, 0.15) is 24.8 Å². The normalized spacial score (nSPS) is 28.1. The molecule has 0 saturated carbocycles. The van der Waals surface area contributed by atoms with E-state index in [9.17, 15) is 21.6 Å². The van der Waals surface area contributed by atoms with Gasteiger partial charge in [0, 0.05) is 38.8 Å². The number of carbonyl (C=O) groups excluding carboxylic acids is 1. The second kappa shape index (κ2) is 8.22. The van der Waals surface area contributed by atoms with Crippen LogP contribution < -0.4 is 0 Å². The van der Waals surface area contributed by atoms with E-state index in [1.807, 2.05) is 6.92 Å². The van der Waals surface area contributed by atoms with E-state index in [1.165, 1.54) is 4.31 Å². The highest BCUT2D eigenvalue weighted by Crippen LogP contribution is 2.28. The Kier molecular flexibility index (Phi) is 5.95. The number of hydrogen-bond acceptors (Lipinski definition) is 6. The summed E-state index contributed by atoms with van der Waals surface area (Å²) < 4.78 is 51.1. The molecular weight excluding hydrogens is 426 g/mol. The summed E-state index contributed by atoms with van der Waals surface area (Å²) in [6, 6.07) is 6.11. The molecule has 3 aliphatic rings. The van der Waals surface area contributed by atoms with E-state index in [4.69, 9.17) is 0 Å². The van der Waals surface area contributed by atoms with E-state index in [0.29, 0.717) is 52.0 Å². The van der Waals surface area contributed by atoms with Gasteiger partial charge in [-0.1, -0.05) is 17.7 Å². The van der Waals surface area contributed by atoms with Crippen molar-refractivity contribution in [2.75, 3.05) is 44.2 Å². The SMILES string of the molecule is Cc1ccc(S(=O)(=O)N2CCC[C@H]2C(=O)N2CCN([C@H]3CCS(=O)(=O)C3)CC2)cc1. The second-order valence-electron chi connectivity index (χ2n) is 8.50. The van der Waals surface area contributed by atoms with Crippen LogP contribution in [-0.2, 0) is 24.7 Å². The molecule has 0 spiro atoms. The van der Waals surface area contributed by atoms with Gasteiger partial charge in [-0.25, -0.2) is 16.8 Å². The molecule has 0 unspecified atom stereocenters. The number of sulfonamides is 1. The summed E-state index contributed by atoms with van der Waals surface area (Å²) in [5.74, 6) is 0.304. The van der Waals surface area contributed by atoms with Crippen LogP contribution in [0.5, 0.6) is 0 Å². The molecular formula is C20H29N3O5S2. The number of nitrogens with zero attached hydrogens (tertiary/aromatic N) is 3. The maximum Gasteiger partial charge on any atom is 0.243 e. The van der Waals surface area contributed by atoms with Crippen molar-refractivity contribution in [2.24, 2.45) is 0 Å². The van der Waals surface area contributed by atoms with E-state index in [2.05, 4.69) is 4.90 Å². The van der Waals surface area contributed by atoms with Crippen LogP contribution in [0.4, 0.5) is 0 Å². The summed E-state index contributed by atoms with van der Waals surface area (Å²) in [4.78, 5) is 17.3. The molecule has 0 bridgehead atoms. The van der Waals surface area contributed by atoms with Gasteiger partial charge in [0.1, 0.15) is 6.04 Å². The first kappa shape index (κ1) is 21.7. The van der Waals surface area contributed by atoms with Crippen LogP contribution in [0.15, 0.2) is 29.2 Å². The van der Waals surface area contributed by atoms with E-state index in [1.54, 1.807) is 29.2 Å². The van der Waals surface area contributed by atoms with Gasteiger partial charge in [0.2, 0.25) is 15.9 Å². The Labute approximate surface area is 178 Å². The molecule has 3 aliphatic heterocycles. The molecule has 1 amide bonds. The zero-order valence-corrected chi connectivity index (χ0v) is 18.9. The van der Waals surface area contributed by atoms with Crippen molar-refractivity contribution in [3.8, 4) is 0 Å². The predicted octanol–water partition coefficient (Wildman–Crippen LogP) is 0.479. The Morgan fingerprint density at radius 3 is 2.27 bits per heavy atom. The molecule has 3 fully saturated rings. The fraction of sp³-hybridized carbons (Fsp3) is 0.650. The molecule has 0 aromatic heterocycles. The minimum Gasteiger partial charge on any atom is -0.339 e. The maximum absolute atomic E-state index is 13.2. The number of sulfone groups is 1. The Balaban J connectivity index is 1.41. The van der Waals surface area contributed by atoms with Crippen molar-refractivity contribution in [1.82, 2.24) is 14.1 Å². The summed E-state index contributed by atoms with van der Waals surface area (Å²) in [6.07, 6.45) is 1.86. The van der Waals surface area contributed by atoms with Gasteiger partial charge in [-0.2, -0.15) is 4.31 Å². The molecule has 3 saturated heterocycles. The highest BCUT2D eigenvalue weighted by atomic mass is 32.2. The number of piperazine rings is 1. The number of benzene rings is 1. The molecule has 10 heteroatoms. The third-order valence-electron chi connectivity index (χ3n) is 6.47. The van der Waals surface area contributed by atoms with Crippen LogP contribution >= 0.6 is 0 Å². The number of hydrogen-bond donors (Lipinski definition) is 0. The van der Waals surface area contributed by atoms with Crippen LogP contribution in [0.2, 0.25) is 0 Å². The molecule has 1 aromatic carbocycles. The van der Waals surface area contributed by atoms with Crippen LogP contribution in [0.25, 0.3) is 0 Å². The van der Waals surface area contributed by atoms with Gasteiger partial charge >= 0.3 is 0 Å². The van der Waals surface area contributed by atoms with Crippen molar-refractivity contribution in [3.63, 3.8) is 0 Å². The van der Waals surface area contributed by atoms with Crippen molar-refractivity contribution < 1.29 is 21.6 Å². The van der Waals surface area contributed by atoms with Gasteiger partial charge in [0.15, 0.2) is 9.84 Å². The van der Waals surface area contributed by atoms with E-state index < -0.39 is 25.9 Å². The fourth-order valence-corrected chi connectivity index (χ4v) is 8.11. The van der Waals surface area contributed by atoms with Gasteiger partial charge in [-0.05, 0) is 38.3 Å². The Bertz CT molecular complexity index is 999. The summed E-state index contributed by atoms with van der Waals surface area (Å²) in [5, 5.41) is 0. The molecule has 3 heterocycles. The average Bonchev–Trinajstić information content (AvgIpc) is 3.35. The van der Waals surface area contributed by atoms with Crippen molar-refractivity contribution in [2.45, 2.75) is 43.2 Å². The molecule has 0 aliphatic carbocycles. The molecule has 1 aromatic rings. The van der Waals surface area contributed by atoms with Gasteiger partial charge in [-0.15, -0.1) is 0 Å². The topological polar surface area (TPSA) is 95.1 Å². The lowest BCUT2D eigenvalue weighted by Gasteiger charge is -2.39. The standard InChI is InChI=1S/C20H29N3O5S2/c1-16-4-6-18(7-5-16)30(27,28)23-9-2-3-19(23)20(24)22-12-10-21(11-13-22)17-8-14-29(25,26)15-17/h4-7,17,19H,2-3,8-15H2,1H3/t17-,19-/m0/s1. The number of amides is 1. The lowest BCUT2D eigenvalue weighted by atomic mass is 10.1. The molecule has 0 radical (unpaired) electrons. The largest absolute Gasteiger partial charge is 0.339 e. The van der Waals surface area contributed by atoms with Gasteiger partial charge in [-0.3, -0.25) is 9.69 Å². The fourth-order valence-electron chi connectivity index (χ4n) is 4.70. The van der Waals surface area contributed by atoms with E-state index in [0.717, 1.165) is 5.56 Å². The Morgan fingerprint density at radius 2 is 1.67 bits per heavy atom. The van der Waals surface area contributed by atoms with E-state index in [-0.39, 0.29) is 28.4 Å². The van der Waals surface area contributed by atoms with Gasteiger partial charge < -0.3 is 4.90 Å². The van der Waals surface area contributed by atoms with Gasteiger partial charge in [0.05, 0.1) is 16.4 Å².